The Bertz CT molecular complexity index is 1380. The standard InChI is InChI=1S/C29H33BrFN3O4S/c1-29(2,3)32-28(36)26(18-21-8-6-5-7-9-21)33(19-22-10-12-23(30)13-11-22)27(35)20-34(39(4,37)38)25-16-14-24(31)15-17-25/h5-17,26H,18-20H2,1-4H3,(H,32,36). The van der Waals surface area contributed by atoms with Gasteiger partial charge < -0.3 is 10.2 Å². The van der Waals surface area contributed by atoms with Gasteiger partial charge in [0.05, 0.1) is 11.9 Å². The summed E-state index contributed by atoms with van der Waals surface area (Å²) in [6, 6.07) is 20.6. The third-order valence-corrected chi connectivity index (χ3v) is 7.50. The van der Waals surface area contributed by atoms with Crippen LogP contribution in [0.3, 0.4) is 0 Å². The van der Waals surface area contributed by atoms with Crippen molar-refractivity contribution in [3.63, 3.8) is 0 Å². The van der Waals surface area contributed by atoms with Crippen molar-refractivity contribution in [3.8, 4) is 0 Å². The van der Waals surface area contributed by atoms with Crippen molar-refractivity contribution in [2.45, 2.75) is 45.3 Å². The van der Waals surface area contributed by atoms with Crippen LogP contribution in [0.5, 0.6) is 0 Å². The second kappa shape index (κ2) is 12.7. The predicted molar refractivity (Wildman–Crippen MR) is 155 cm³/mol. The Balaban J connectivity index is 2.06. The van der Waals surface area contributed by atoms with E-state index in [1.54, 1.807) is 0 Å². The summed E-state index contributed by atoms with van der Waals surface area (Å²) >= 11 is 3.41. The molecule has 0 radical (unpaired) electrons. The lowest BCUT2D eigenvalue weighted by Gasteiger charge is -2.35. The third kappa shape index (κ3) is 9.18. The molecule has 0 bridgehead atoms. The zero-order valence-electron chi connectivity index (χ0n) is 22.4. The van der Waals surface area contributed by atoms with Gasteiger partial charge in [0.2, 0.25) is 21.8 Å². The average molecular weight is 619 g/mol. The fourth-order valence-corrected chi connectivity index (χ4v) is 5.13. The van der Waals surface area contributed by atoms with Gasteiger partial charge in [-0.1, -0.05) is 58.4 Å². The first-order valence-electron chi connectivity index (χ1n) is 12.4. The second-order valence-electron chi connectivity index (χ2n) is 10.3. The van der Waals surface area contributed by atoms with Gasteiger partial charge >= 0.3 is 0 Å². The lowest BCUT2D eigenvalue weighted by atomic mass is 10.0. The average Bonchev–Trinajstić information content (AvgIpc) is 2.85. The van der Waals surface area contributed by atoms with Crippen LogP contribution in [-0.4, -0.2) is 49.5 Å². The molecule has 1 unspecified atom stereocenters. The van der Waals surface area contributed by atoms with Crippen LogP contribution in [0.4, 0.5) is 10.1 Å². The Kier molecular flexibility index (Phi) is 9.90. The van der Waals surface area contributed by atoms with E-state index in [1.807, 2.05) is 75.4 Å². The van der Waals surface area contributed by atoms with Crippen LogP contribution < -0.4 is 9.62 Å². The molecule has 39 heavy (non-hydrogen) atoms. The van der Waals surface area contributed by atoms with E-state index >= 15 is 0 Å². The van der Waals surface area contributed by atoms with Crippen LogP contribution in [0.2, 0.25) is 0 Å². The van der Waals surface area contributed by atoms with Crippen molar-refractivity contribution in [2.75, 3.05) is 17.1 Å². The highest BCUT2D eigenvalue weighted by Crippen LogP contribution is 2.22. The molecule has 0 fully saturated rings. The summed E-state index contributed by atoms with van der Waals surface area (Å²) in [5.74, 6) is -1.46. The Morgan fingerprint density at radius 2 is 1.51 bits per heavy atom. The molecule has 0 aromatic heterocycles. The van der Waals surface area contributed by atoms with Crippen molar-refractivity contribution in [1.82, 2.24) is 10.2 Å². The fraction of sp³-hybridized carbons (Fsp3) is 0.310. The van der Waals surface area contributed by atoms with E-state index in [4.69, 9.17) is 0 Å². The molecule has 7 nitrogen and oxygen atoms in total. The minimum absolute atomic E-state index is 0.0716. The molecule has 0 saturated heterocycles. The molecule has 3 rings (SSSR count). The smallest absolute Gasteiger partial charge is 0.244 e. The number of anilines is 1. The first-order valence-corrected chi connectivity index (χ1v) is 15.0. The number of nitrogens with one attached hydrogen (secondary N) is 1. The predicted octanol–water partition coefficient (Wildman–Crippen LogP) is 4.91. The highest BCUT2D eigenvalue weighted by atomic mass is 79.9. The molecule has 0 aliphatic carbocycles. The molecule has 208 valence electrons. The number of hydrogen-bond acceptors (Lipinski definition) is 4. The topological polar surface area (TPSA) is 86.8 Å². The third-order valence-electron chi connectivity index (χ3n) is 5.83. The summed E-state index contributed by atoms with van der Waals surface area (Å²) in [5.41, 5.74) is 1.19. The van der Waals surface area contributed by atoms with E-state index in [2.05, 4.69) is 21.2 Å². The molecule has 0 saturated carbocycles. The Morgan fingerprint density at radius 3 is 2.05 bits per heavy atom. The summed E-state index contributed by atoms with van der Waals surface area (Å²) in [5, 5.41) is 2.98. The molecule has 10 heteroatoms. The lowest BCUT2D eigenvalue weighted by molar-refractivity contribution is -0.140. The minimum atomic E-state index is -3.91. The van der Waals surface area contributed by atoms with Crippen molar-refractivity contribution >= 4 is 43.5 Å². The van der Waals surface area contributed by atoms with Crippen LogP contribution >= 0.6 is 15.9 Å². The molecule has 1 N–H and O–H groups in total. The maximum atomic E-state index is 14.0. The molecule has 2 amide bonds. The summed E-state index contributed by atoms with van der Waals surface area (Å²) in [6.07, 6.45) is 1.21. The number of carbonyl (C=O) groups excluding carboxylic acids is 2. The van der Waals surface area contributed by atoms with E-state index < -0.39 is 39.9 Å². The monoisotopic (exact) mass is 617 g/mol. The van der Waals surface area contributed by atoms with E-state index in [1.165, 1.54) is 17.0 Å². The summed E-state index contributed by atoms with van der Waals surface area (Å²) in [6.45, 7) is 5.07. The molecular weight excluding hydrogens is 585 g/mol. The summed E-state index contributed by atoms with van der Waals surface area (Å²) in [4.78, 5) is 29.0. The number of halogens is 2. The van der Waals surface area contributed by atoms with Crippen LogP contribution in [-0.2, 0) is 32.6 Å². The molecule has 3 aromatic carbocycles. The Morgan fingerprint density at radius 1 is 0.923 bits per heavy atom. The Labute approximate surface area is 238 Å². The number of sulfonamides is 1. The van der Waals surface area contributed by atoms with Crippen molar-refractivity contribution in [1.29, 1.82) is 0 Å². The zero-order valence-corrected chi connectivity index (χ0v) is 24.8. The molecule has 0 spiro atoms. The number of nitrogens with zero attached hydrogens (tertiary/aromatic N) is 2. The van der Waals surface area contributed by atoms with Gasteiger partial charge in [-0.3, -0.25) is 13.9 Å². The number of carbonyl (C=O) groups is 2. The maximum absolute atomic E-state index is 14.0. The highest BCUT2D eigenvalue weighted by molar-refractivity contribution is 9.10. The summed E-state index contributed by atoms with van der Waals surface area (Å²) in [7, 11) is -3.91. The first kappa shape index (κ1) is 30.3. The van der Waals surface area contributed by atoms with Gasteiger partial charge in [-0.25, -0.2) is 12.8 Å². The molecule has 3 aromatic rings. The zero-order chi connectivity index (χ0) is 28.8. The largest absolute Gasteiger partial charge is 0.350 e. The van der Waals surface area contributed by atoms with Crippen LogP contribution in [0.15, 0.2) is 83.3 Å². The fourth-order valence-electron chi connectivity index (χ4n) is 4.01. The lowest BCUT2D eigenvalue weighted by Crippen LogP contribution is -2.56. The number of benzene rings is 3. The van der Waals surface area contributed by atoms with Crippen molar-refractivity contribution in [3.05, 3.63) is 100 Å². The second-order valence-corrected chi connectivity index (χ2v) is 13.2. The highest BCUT2D eigenvalue weighted by Gasteiger charge is 2.34. The normalized spacial score (nSPS) is 12.5. The maximum Gasteiger partial charge on any atom is 0.244 e. The van der Waals surface area contributed by atoms with E-state index in [0.29, 0.717) is 0 Å². The SMILES string of the molecule is CC(C)(C)NC(=O)C(Cc1ccccc1)N(Cc1ccc(Br)cc1)C(=O)CN(c1ccc(F)cc1)S(C)(=O)=O. The van der Waals surface area contributed by atoms with Gasteiger partial charge in [-0.2, -0.15) is 0 Å². The van der Waals surface area contributed by atoms with Gasteiger partial charge in [0.1, 0.15) is 18.4 Å². The Hall–Kier alpha value is -3.24. The van der Waals surface area contributed by atoms with Gasteiger partial charge in [-0.15, -0.1) is 0 Å². The quantitative estimate of drug-likeness (QED) is 0.350. The summed E-state index contributed by atoms with van der Waals surface area (Å²) < 4.78 is 40.8. The van der Waals surface area contributed by atoms with Crippen LogP contribution in [0, 0.1) is 5.82 Å². The molecule has 0 heterocycles. The van der Waals surface area contributed by atoms with E-state index in [0.717, 1.165) is 38.3 Å². The van der Waals surface area contributed by atoms with Gasteiger partial charge in [0.15, 0.2) is 0 Å². The molecule has 0 aliphatic heterocycles. The minimum Gasteiger partial charge on any atom is -0.350 e. The van der Waals surface area contributed by atoms with E-state index in [9.17, 15) is 22.4 Å². The van der Waals surface area contributed by atoms with Gasteiger partial charge in [-0.05, 0) is 68.3 Å². The van der Waals surface area contributed by atoms with Crippen LogP contribution in [0.25, 0.3) is 0 Å². The number of rotatable bonds is 10. The van der Waals surface area contributed by atoms with Crippen molar-refractivity contribution < 1.29 is 22.4 Å². The number of amides is 2. The molecule has 0 aliphatic rings. The van der Waals surface area contributed by atoms with Gasteiger partial charge in [0.25, 0.3) is 0 Å². The molecule has 1 atom stereocenters. The van der Waals surface area contributed by atoms with Gasteiger partial charge in [0, 0.05) is 23.0 Å². The van der Waals surface area contributed by atoms with Crippen LogP contribution in [0.1, 0.15) is 31.9 Å². The van der Waals surface area contributed by atoms with E-state index in [-0.39, 0.29) is 24.6 Å². The van der Waals surface area contributed by atoms with Crippen molar-refractivity contribution in [2.24, 2.45) is 0 Å². The first-order chi connectivity index (χ1) is 18.2. The number of hydrogen-bond donors (Lipinski definition) is 1. The molecular formula is C29H33BrFN3O4S.